The third kappa shape index (κ3) is 3.96. The zero-order chi connectivity index (χ0) is 20.5. The van der Waals surface area contributed by atoms with Crippen LogP contribution in [0.4, 0.5) is 13.2 Å². The molecule has 0 spiro atoms. The van der Waals surface area contributed by atoms with Gasteiger partial charge in [0, 0.05) is 18.7 Å². The zero-order valence-corrected chi connectivity index (χ0v) is 15.2. The molecular formula is C19H14ClF3N2O3. The van der Waals surface area contributed by atoms with Crippen LogP contribution < -0.4 is 16.0 Å². The molecule has 0 fully saturated rings. The van der Waals surface area contributed by atoms with Gasteiger partial charge in [-0.3, -0.25) is 9.36 Å². The average Bonchev–Trinajstić information content (AvgIpc) is 2.66. The number of benzene rings is 2. The summed E-state index contributed by atoms with van der Waals surface area (Å²) < 4.78 is 45.4. The Bertz CT molecular complexity index is 1090. The minimum absolute atomic E-state index is 0.109. The molecule has 1 heterocycles. The molecule has 3 aromatic rings. The summed E-state index contributed by atoms with van der Waals surface area (Å²) in [5.41, 5.74) is -3.41. The van der Waals surface area contributed by atoms with E-state index in [2.05, 4.69) is 0 Å². The van der Waals surface area contributed by atoms with E-state index in [1.165, 1.54) is 24.3 Å². The van der Waals surface area contributed by atoms with Crippen molar-refractivity contribution >= 4 is 11.6 Å². The van der Waals surface area contributed by atoms with Gasteiger partial charge in [0.05, 0.1) is 5.69 Å². The van der Waals surface area contributed by atoms with Crippen molar-refractivity contribution in [3.05, 3.63) is 92.8 Å². The number of rotatable bonds is 4. The Labute approximate surface area is 162 Å². The van der Waals surface area contributed by atoms with Crippen molar-refractivity contribution in [2.24, 2.45) is 7.05 Å². The van der Waals surface area contributed by atoms with Gasteiger partial charge in [-0.1, -0.05) is 41.9 Å². The second-order valence-corrected chi connectivity index (χ2v) is 6.28. The van der Waals surface area contributed by atoms with Crippen LogP contribution in [-0.4, -0.2) is 9.13 Å². The second-order valence-electron chi connectivity index (χ2n) is 5.88. The number of hydrogen-bond acceptors (Lipinski definition) is 3. The molecule has 1 atom stereocenters. The molecule has 5 nitrogen and oxygen atoms in total. The Morgan fingerprint density at radius 1 is 1.00 bits per heavy atom. The van der Waals surface area contributed by atoms with E-state index in [0.717, 1.165) is 12.6 Å². The Kier molecular flexibility index (Phi) is 5.33. The molecule has 0 aliphatic heterocycles. The first-order chi connectivity index (χ1) is 13.2. The molecule has 3 rings (SSSR count). The first-order valence-corrected chi connectivity index (χ1v) is 8.48. The molecule has 0 bridgehead atoms. The lowest BCUT2D eigenvalue weighted by Crippen LogP contribution is -2.40. The first-order valence-electron chi connectivity index (χ1n) is 8.05. The van der Waals surface area contributed by atoms with E-state index in [1.54, 1.807) is 12.1 Å². The van der Waals surface area contributed by atoms with E-state index >= 15 is 0 Å². The van der Waals surface area contributed by atoms with Crippen molar-refractivity contribution < 1.29 is 17.9 Å². The van der Waals surface area contributed by atoms with Crippen LogP contribution in [0.25, 0.3) is 5.69 Å². The van der Waals surface area contributed by atoms with Crippen molar-refractivity contribution in [2.75, 3.05) is 0 Å². The van der Waals surface area contributed by atoms with Crippen molar-refractivity contribution in [3.63, 3.8) is 0 Å². The fourth-order valence-electron chi connectivity index (χ4n) is 2.60. The highest BCUT2D eigenvalue weighted by atomic mass is 35.5. The Morgan fingerprint density at radius 3 is 2.18 bits per heavy atom. The van der Waals surface area contributed by atoms with Gasteiger partial charge >= 0.3 is 11.9 Å². The van der Waals surface area contributed by atoms with Gasteiger partial charge in [0.2, 0.25) is 0 Å². The monoisotopic (exact) mass is 410 g/mol. The van der Waals surface area contributed by atoms with Gasteiger partial charge in [-0.05, 0) is 24.3 Å². The summed E-state index contributed by atoms with van der Waals surface area (Å²) in [6, 6.07) is 15.1. The highest BCUT2D eigenvalue weighted by Gasteiger charge is 2.35. The third-order valence-electron chi connectivity index (χ3n) is 4.01. The van der Waals surface area contributed by atoms with Crippen LogP contribution in [0.15, 0.2) is 70.3 Å². The molecule has 0 saturated heterocycles. The molecule has 0 radical (unpaired) electrons. The van der Waals surface area contributed by atoms with Gasteiger partial charge in [-0.2, -0.15) is 13.2 Å². The van der Waals surface area contributed by atoms with Crippen molar-refractivity contribution in [1.82, 2.24) is 9.13 Å². The molecule has 9 heteroatoms. The molecule has 1 aromatic heterocycles. The smallest absolute Gasteiger partial charge is 0.431 e. The topological polar surface area (TPSA) is 53.2 Å². The third-order valence-corrected chi connectivity index (χ3v) is 4.35. The maximum Gasteiger partial charge on any atom is 0.431 e. The summed E-state index contributed by atoms with van der Waals surface area (Å²) in [5.74, 6) is 0.365. The van der Waals surface area contributed by atoms with E-state index in [-0.39, 0.29) is 5.69 Å². The minimum atomic E-state index is -4.81. The molecule has 0 aliphatic carbocycles. The van der Waals surface area contributed by atoms with Crippen molar-refractivity contribution in [1.29, 1.82) is 0 Å². The lowest BCUT2D eigenvalue weighted by molar-refractivity contribution is -0.144. The Morgan fingerprint density at radius 2 is 1.61 bits per heavy atom. The number of ether oxygens (including phenoxy) is 1. The second kappa shape index (κ2) is 7.55. The van der Waals surface area contributed by atoms with Gasteiger partial charge in [-0.25, -0.2) is 9.36 Å². The number of nitrogens with zero attached hydrogens (tertiary/aromatic N) is 2. The molecule has 1 unspecified atom stereocenters. The fraction of sp³-hybridized carbons (Fsp3) is 0.158. The maximum atomic E-state index is 12.9. The molecule has 146 valence electrons. The summed E-state index contributed by atoms with van der Waals surface area (Å²) >= 11 is 6.19. The van der Waals surface area contributed by atoms with E-state index in [9.17, 15) is 22.8 Å². The summed E-state index contributed by atoms with van der Waals surface area (Å²) in [4.78, 5) is 24.4. The molecular weight excluding hydrogens is 397 g/mol. The standard InChI is InChI=1S/C19H14ClF3N2O3/c1-24-15(19(21,22)23)11-16(26)25(18(24)27)13-7-9-14(10-8-13)28-17(20)12-5-3-2-4-6-12/h2-11,17H,1H3. The first kappa shape index (κ1) is 19.8. The van der Waals surface area contributed by atoms with Gasteiger partial charge in [-0.15, -0.1) is 0 Å². The maximum absolute atomic E-state index is 12.9. The lowest BCUT2D eigenvalue weighted by Gasteiger charge is -2.15. The molecule has 0 saturated carbocycles. The normalized spacial score (nSPS) is 12.6. The molecule has 28 heavy (non-hydrogen) atoms. The largest absolute Gasteiger partial charge is 0.470 e. The molecule has 0 aliphatic rings. The van der Waals surface area contributed by atoms with Gasteiger partial charge < -0.3 is 4.74 Å². The van der Waals surface area contributed by atoms with Crippen LogP contribution in [-0.2, 0) is 13.2 Å². The summed E-state index contributed by atoms with van der Waals surface area (Å²) in [6.45, 7) is 0. The zero-order valence-electron chi connectivity index (χ0n) is 14.5. The van der Waals surface area contributed by atoms with Gasteiger partial charge in [0.1, 0.15) is 11.4 Å². The van der Waals surface area contributed by atoms with Crippen LogP contribution in [0, 0.1) is 0 Å². The summed E-state index contributed by atoms with van der Waals surface area (Å²) in [6.07, 6.45) is -4.81. The molecule has 2 aromatic carbocycles. The number of alkyl halides is 4. The lowest BCUT2D eigenvalue weighted by atomic mass is 10.2. The van der Waals surface area contributed by atoms with Crippen molar-refractivity contribution in [3.8, 4) is 11.4 Å². The Hall–Kier alpha value is -3.00. The molecule has 0 amide bonds. The summed E-state index contributed by atoms with van der Waals surface area (Å²) in [7, 11) is 0.955. The van der Waals surface area contributed by atoms with Crippen LogP contribution in [0.1, 0.15) is 16.8 Å². The highest BCUT2D eigenvalue weighted by molar-refractivity contribution is 6.20. The minimum Gasteiger partial charge on any atom is -0.470 e. The van der Waals surface area contributed by atoms with E-state index < -0.39 is 28.7 Å². The van der Waals surface area contributed by atoms with E-state index in [1.807, 2.05) is 18.2 Å². The van der Waals surface area contributed by atoms with Gasteiger partial charge in [0.25, 0.3) is 5.56 Å². The van der Waals surface area contributed by atoms with E-state index in [4.69, 9.17) is 16.3 Å². The Balaban J connectivity index is 1.91. The number of aromatic nitrogens is 2. The van der Waals surface area contributed by atoms with E-state index in [0.29, 0.717) is 21.0 Å². The number of hydrogen-bond donors (Lipinski definition) is 0. The van der Waals surface area contributed by atoms with Crippen LogP contribution >= 0.6 is 11.6 Å². The van der Waals surface area contributed by atoms with Crippen LogP contribution in [0.3, 0.4) is 0 Å². The quantitative estimate of drug-likeness (QED) is 0.613. The van der Waals surface area contributed by atoms with Crippen molar-refractivity contribution in [2.45, 2.75) is 11.7 Å². The fourth-order valence-corrected chi connectivity index (χ4v) is 2.85. The summed E-state index contributed by atoms with van der Waals surface area (Å²) in [5, 5.41) is 0. The highest BCUT2D eigenvalue weighted by Crippen LogP contribution is 2.27. The van der Waals surface area contributed by atoms with Gasteiger partial charge in [0.15, 0.2) is 5.56 Å². The SMILES string of the molecule is Cn1c(C(F)(F)F)cc(=O)n(-c2ccc(OC(Cl)c3ccccc3)cc2)c1=O. The predicted octanol–water partition coefficient (Wildman–Crippen LogP) is 3.87. The van der Waals surface area contributed by atoms with Crippen LogP contribution in [0.2, 0.25) is 0 Å². The average molecular weight is 411 g/mol. The number of halogens is 4. The predicted molar refractivity (Wildman–Crippen MR) is 97.9 cm³/mol. The molecule has 0 N–H and O–H groups in total. The van der Waals surface area contributed by atoms with Crippen LogP contribution in [0.5, 0.6) is 5.75 Å².